The average Bonchev–Trinajstić information content (AvgIpc) is 1.83. The first-order valence-electron chi connectivity index (χ1n) is 2.65. The summed E-state index contributed by atoms with van der Waals surface area (Å²) in [7, 11) is 0.665. The van der Waals surface area contributed by atoms with Crippen LogP contribution >= 0.6 is 0 Å². The molecular weight excluding hydrogens is 122 g/mol. The number of carbonyl (C=O) groups excluding carboxylic acids is 1. The van der Waals surface area contributed by atoms with Crippen molar-refractivity contribution >= 4 is 16.5 Å². The predicted molar refractivity (Wildman–Crippen MR) is 34.7 cm³/mol. The quantitative estimate of drug-likeness (QED) is 0.511. The van der Waals surface area contributed by atoms with Crippen LogP contribution in [-0.2, 0) is 4.74 Å². The molecule has 0 aromatic carbocycles. The molecule has 0 spiro atoms. The summed E-state index contributed by atoms with van der Waals surface area (Å²) >= 11 is 0. The molecule has 0 saturated carbocycles. The lowest BCUT2D eigenvalue weighted by Gasteiger charge is -1.98. The zero-order chi connectivity index (χ0) is 6.41. The predicted octanol–water partition coefficient (Wildman–Crippen LogP) is -0.597. The zero-order valence-electron chi connectivity index (χ0n) is 5.23. The molecule has 0 heterocycles. The van der Waals surface area contributed by atoms with Gasteiger partial charge < -0.3 is 9.72 Å². The number of carbonyl (C=O) groups is 1. The Morgan fingerprint density at radius 3 is 2.88 bits per heavy atom. The highest BCUT2D eigenvalue weighted by molar-refractivity contribution is 6.12. The van der Waals surface area contributed by atoms with Crippen LogP contribution in [0.3, 0.4) is 0 Å². The van der Waals surface area contributed by atoms with Crippen LogP contribution in [0.1, 0.15) is 13.3 Å². The van der Waals surface area contributed by atoms with Gasteiger partial charge in [-0.1, -0.05) is 6.92 Å². The molecule has 48 valence electrons. The highest BCUT2D eigenvalue weighted by atomic mass is 28.2. The molecule has 1 amide bonds. The van der Waals surface area contributed by atoms with Gasteiger partial charge in [0.05, 0.1) is 6.61 Å². The molecule has 0 rings (SSSR count). The summed E-state index contributed by atoms with van der Waals surface area (Å²) in [6, 6.07) is 0. The minimum absolute atomic E-state index is 0.293. The highest BCUT2D eigenvalue weighted by Gasteiger charge is 1.91. The molecule has 0 aromatic heterocycles. The maximum absolute atomic E-state index is 10.3. The lowest BCUT2D eigenvalue weighted by atomic mass is 10.5. The Morgan fingerprint density at radius 2 is 2.50 bits per heavy atom. The Labute approximate surface area is 51.9 Å². The summed E-state index contributed by atoms with van der Waals surface area (Å²) in [5, 5.41) is 0. The lowest BCUT2D eigenvalue weighted by Crippen LogP contribution is -2.20. The van der Waals surface area contributed by atoms with Gasteiger partial charge in [0.1, 0.15) is 10.4 Å². The number of rotatable bonds is 2. The second-order valence-corrected chi connectivity index (χ2v) is 1.89. The summed E-state index contributed by atoms with van der Waals surface area (Å²) in [5.74, 6) is 0. The topological polar surface area (TPSA) is 38.3 Å². The van der Waals surface area contributed by atoms with Crippen molar-refractivity contribution in [3.8, 4) is 0 Å². The third kappa shape index (κ3) is 3.67. The van der Waals surface area contributed by atoms with E-state index in [9.17, 15) is 4.79 Å². The van der Waals surface area contributed by atoms with Crippen molar-refractivity contribution in [1.82, 2.24) is 4.98 Å². The fourth-order valence-electron chi connectivity index (χ4n) is 0.267. The van der Waals surface area contributed by atoms with Crippen LogP contribution in [0.15, 0.2) is 0 Å². The Morgan fingerprint density at radius 1 is 1.88 bits per heavy atom. The Bertz CT molecular complexity index is 76.4. The molecular formula is C4H11NO2Si. The molecule has 0 unspecified atom stereocenters. The van der Waals surface area contributed by atoms with Gasteiger partial charge in [0, 0.05) is 0 Å². The second kappa shape index (κ2) is 4.64. The van der Waals surface area contributed by atoms with Crippen LogP contribution in [0, 0.1) is 0 Å². The summed E-state index contributed by atoms with van der Waals surface area (Å²) in [6.45, 7) is 2.48. The van der Waals surface area contributed by atoms with Crippen LogP contribution in [-0.4, -0.2) is 23.1 Å². The summed E-state index contributed by atoms with van der Waals surface area (Å²) in [4.78, 5) is 12.7. The van der Waals surface area contributed by atoms with Gasteiger partial charge in [-0.05, 0) is 6.42 Å². The van der Waals surface area contributed by atoms with Gasteiger partial charge in [0.15, 0.2) is 0 Å². The Kier molecular flexibility index (Phi) is 4.34. The number of hydrogen-bond donors (Lipinski definition) is 1. The number of hydrogen-bond acceptors (Lipinski definition) is 2. The van der Waals surface area contributed by atoms with Crippen LogP contribution in [0.25, 0.3) is 0 Å². The first kappa shape index (κ1) is 7.49. The van der Waals surface area contributed by atoms with Gasteiger partial charge in [-0.2, -0.15) is 0 Å². The standard InChI is InChI=1S/C4H11NO2Si/c1-2-3-7-4(6)5-8/h2-3H2,1,8H3,(H,5,6). The fraction of sp³-hybridized carbons (Fsp3) is 0.750. The third-order valence-corrected chi connectivity index (χ3v) is 1.05. The minimum Gasteiger partial charge on any atom is -0.450 e. The smallest absolute Gasteiger partial charge is 0.398 e. The molecule has 0 saturated heterocycles. The molecule has 3 nitrogen and oxygen atoms in total. The molecule has 0 radical (unpaired) electrons. The van der Waals surface area contributed by atoms with Gasteiger partial charge in [-0.3, -0.25) is 0 Å². The van der Waals surface area contributed by atoms with Crippen molar-refractivity contribution < 1.29 is 9.53 Å². The van der Waals surface area contributed by atoms with Gasteiger partial charge >= 0.3 is 6.09 Å². The minimum atomic E-state index is -0.293. The van der Waals surface area contributed by atoms with Crippen LogP contribution in [0.4, 0.5) is 4.79 Å². The van der Waals surface area contributed by atoms with Crippen LogP contribution in [0.2, 0.25) is 0 Å². The van der Waals surface area contributed by atoms with Gasteiger partial charge in [-0.15, -0.1) is 0 Å². The number of ether oxygens (including phenoxy) is 1. The lowest BCUT2D eigenvalue weighted by molar-refractivity contribution is 0.153. The highest BCUT2D eigenvalue weighted by Crippen LogP contribution is 1.78. The van der Waals surface area contributed by atoms with Crippen molar-refractivity contribution in [2.45, 2.75) is 13.3 Å². The van der Waals surface area contributed by atoms with Gasteiger partial charge in [0.2, 0.25) is 0 Å². The van der Waals surface area contributed by atoms with Crippen molar-refractivity contribution in [3.63, 3.8) is 0 Å². The molecule has 0 aliphatic carbocycles. The molecule has 0 atom stereocenters. The van der Waals surface area contributed by atoms with E-state index in [4.69, 9.17) is 0 Å². The van der Waals surface area contributed by atoms with E-state index in [2.05, 4.69) is 9.72 Å². The summed E-state index contributed by atoms with van der Waals surface area (Å²) in [6.07, 6.45) is 0.591. The average molecular weight is 133 g/mol. The maximum atomic E-state index is 10.3. The van der Waals surface area contributed by atoms with Crippen molar-refractivity contribution in [2.75, 3.05) is 6.61 Å². The largest absolute Gasteiger partial charge is 0.450 e. The zero-order valence-corrected chi connectivity index (χ0v) is 7.23. The first-order valence-corrected chi connectivity index (χ1v) is 3.65. The van der Waals surface area contributed by atoms with E-state index in [1.165, 1.54) is 0 Å². The van der Waals surface area contributed by atoms with E-state index in [0.29, 0.717) is 17.0 Å². The number of amides is 1. The van der Waals surface area contributed by atoms with E-state index in [-0.39, 0.29) is 6.09 Å². The molecule has 8 heavy (non-hydrogen) atoms. The summed E-state index contributed by atoms with van der Waals surface area (Å²) < 4.78 is 4.62. The van der Waals surface area contributed by atoms with Crippen LogP contribution in [0.5, 0.6) is 0 Å². The van der Waals surface area contributed by atoms with Gasteiger partial charge in [0.25, 0.3) is 0 Å². The molecule has 0 bridgehead atoms. The molecule has 0 aliphatic rings. The van der Waals surface area contributed by atoms with E-state index in [1.807, 2.05) is 6.92 Å². The fourth-order valence-corrected chi connectivity index (χ4v) is 0.411. The number of nitrogens with one attached hydrogen (secondary N) is 1. The van der Waals surface area contributed by atoms with Crippen molar-refractivity contribution in [2.24, 2.45) is 0 Å². The molecule has 0 fully saturated rings. The monoisotopic (exact) mass is 133 g/mol. The molecule has 0 aliphatic heterocycles. The maximum Gasteiger partial charge on any atom is 0.398 e. The normalized spacial score (nSPS) is 8.62. The van der Waals surface area contributed by atoms with Gasteiger partial charge in [-0.25, -0.2) is 4.79 Å². The Hall–Kier alpha value is -0.513. The van der Waals surface area contributed by atoms with Crippen molar-refractivity contribution in [1.29, 1.82) is 0 Å². The van der Waals surface area contributed by atoms with Crippen LogP contribution < -0.4 is 4.98 Å². The molecule has 1 N–H and O–H groups in total. The molecule has 0 aromatic rings. The SMILES string of the molecule is CCCOC(=O)N[SiH3]. The van der Waals surface area contributed by atoms with E-state index >= 15 is 0 Å². The first-order chi connectivity index (χ1) is 3.81. The second-order valence-electron chi connectivity index (χ2n) is 1.39. The van der Waals surface area contributed by atoms with E-state index < -0.39 is 0 Å². The van der Waals surface area contributed by atoms with E-state index in [1.54, 1.807) is 0 Å². The van der Waals surface area contributed by atoms with E-state index in [0.717, 1.165) is 6.42 Å². The third-order valence-electron chi connectivity index (χ3n) is 0.641. The summed E-state index contributed by atoms with van der Waals surface area (Å²) in [5.41, 5.74) is 0. The molecule has 4 heteroatoms. The van der Waals surface area contributed by atoms with Crippen molar-refractivity contribution in [3.05, 3.63) is 0 Å². The Balaban J connectivity index is 2.99.